The maximum Gasteiger partial charge on any atom is 0.243 e. The Morgan fingerprint density at radius 3 is 2.31 bits per heavy atom. The van der Waals surface area contributed by atoms with Gasteiger partial charge < -0.3 is 4.90 Å². The van der Waals surface area contributed by atoms with Gasteiger partial charge in [0.1, 0.15) is 0 Å². The Morgan fingerprint density at radius 2 is 1.69 bits per heavy atom. The van der Waals surface area contributed by atoms with Crippen molar-refractivity contribution in [2.45, 2.75) is 18.2 Å². The SMILES string of the molecule is CC(=O)c1cccc(S(=O)(=O)N2CCN(C(=O)Cc3ccc(-n4cccn4)cc3)CC2)c1. The number of Topliss-reactive ketones (excluding diaryl/α,β-unsaturated/α-hetero) is 1. The molecule has 4 rings (SSSR count). The van der Waals surface area contributed by atoms with Crippen LogP contribution >= 0.6 is 0 Å². The normalized spacial score (nSPS) is 15.0. The highest BCUT2D eigenvalue weighted by Crippen LogP contribution is 2.20. The fourth-order valence-corrected chi connectivity index (χ4v) is 5.15. The monoisotopic (exact) mass is 452 g/mol. The number of aromatic nitrogens is 2. The van der Waals surface area contributed by atoms with E-state index in [1.54, 1.807) is 27.9 Å². The summed E-state index contributed by atoms with van der Waals surface area (Å²) in [7, 11) is -3.72. The average Bonchev–Trinajstić information content (AvgIpc) is 3.35. The van der Waals surface area contributed by atoms with Crippen molar-refractivity contribution < 1.29 is 18.0 Å². The number of piperazine rings is 1. The number of hydrogen-bond donors (Lipinski definition) is 0. The average molecular weight is 453 g/mol. The highest BCUT2D eigenvalue weighted by molar-refractivity contribution is 7.89. The zero-order valence-electron chi connectivity index (χ0n) is 17.7. The minimum atomic E-state index is -3.72. The second-order valence-corrected chi connectivity index (χ2v) is 9.60. The van der Waals surface area contributed by atoms with Gasteiger partial charge in [-0.3, -0.25) is 9.59 Å². The first-order valence-electron chi connectivity index (χ1n) is 10.3. The molecule has 2 heterocycles. The van der Waals surface area contributed by atoms with Crippen molar-refractivity contribution in [3.8, 4) is 5.69 Å². The van der Waals surface area contributed by atoms with Gasteiger partial charge in [0.05, 0.1) is 17.0 Å². The van der Waals surface area contributed by atoms with Gasteiger partial charge in [0.15, 0.2) is 5.78 Å². The molecular formula is C23H24N4O4S. The summed E-state index contributed by atoms with van der Waals surface area (Å²) >= 11 is 0. The van der Waals surface area contributed by atoms with Crippen LogP contribution in [0.5, 0.6) is 0 Å². The predicted molar refractivity (Wildman–Crippen MR) is 119 cm³/mol. The van der Waals surface area contributed by atoms with E-state index in [1.165, 1.54) is 23.4 Å². The molecule has 1 saturated heterocycles. The van der Waals surface area contributed by atoms with Crippen LogP contribution < -0.4 is 0 Å². The Bertz CT molecular complexity index is 1210. The summed E-state index contributed by atoms with van der Waals surface area (Å²) in [5.41, 5.74) is 2.17. The predicted octanol–water partition coefficient (Wildman–Crippen LogP) is 2.15. The van der Waals surface area contributed by atoms with Crippen LogP contribution in [0.1, 0.15) is 22.8 Å². The molecule has 166 valence electrons. The second-order valence-electron chi connectivity index (χ2n) is 7.66. The molecule has 0 N–H and O–H groups in total. The lowest BCUT2D eigenvalue weighted by atomic mass is 10.1. The molecule has 1 aliphatic rings. The minimum absolute atomic E-state index is 0.0348. The van der Waals surface area contributed by atoms with Crippen LogP contribution in [-0.2, 0) is 21.2 Å². The summed E-state index contributed by atoms with van der Waals surface area (Å²) in [5.74, 6) is -0.220. The maximum atomic E-state index is 13.0. The third kappa shape index (κ3) is 4.63. The summed E-state index contributed by atoms with van der Waals surface area (Å²) in [5, 5.41) is 4.18. The standard InChI is InChI=1S/C23H24N4O4S/c1-18(28)20-4-2-5-22(17-20)32(30,31)26-14-12-25(13-15-26)23(29)16-19-6-8-21(9-7-19)27-11-3-10-24-27/h2-11,17H,12-16H2,1H3. The molecule has 8 nitrogen and oxygen atoms in total. The van der Waals surface area contributed by atoms with Gasteiger partial charge in [-0.15, -0.1) is 0 Å². The Hall–Kier alpha value is -3.30. The van der Waals surface area contributed by atoms with E-state index in [-0.39, 0.29) is 36.1 Å². The Balaban J connectivity index is 1.36. The molecule has 0 aliphatic carbocycles. The van der Waals surface area contributed by atoms with Crippen molar-refractivity contribution in [3.63, 3.8) is 0 Å². The van der Waals surface area contributed by atoms with Gasteiger partial charge in [-0.2, -0.15) is 9.40 Å². The molecule has 0 radical (unpaired) electrons. The number of sulfonamides is 1. The van der Waals surface area contributed by atoms with E-state index >= 15 is 0 Å². The number of benzene rings is 2. The molecule has 32 heavy (non-hydrogen) atoms. The van der Waals surface area contributed by atoms with Crippen LogP contribution in [0, 0.1) is 0 Å². The number of hydrogen-bond acceptors (Lipinski definition) is 5. The van der Waals surface area contributed by atoms with Crippen molar-refractivity contribution in [1.82, 2.24) is 19.0 Å². The highest BCUT2D eigenvalue weighted by atomic mass is 32.2. The van der Waals surface area contributed by atoms with Crippen molar-refractivity contribution in [3.05, 3.63) is 78.1 Å². The highest BCUT2D eigenvalue weighted by Gasteiger charge is 2.30. The topological polar surface area (TPSA) is 92.6 Å². The van der Waals surface area contributed by atoms with Crippen molar-refractivity contribution in [2.75, 3.05) is 26.2 Å². The smallest absolute Gasteiger partial charge is 0.243 e. The quantitative estimate of drug-likeness (QED) is 0.535. The molecule has 1 aliphatic heterocycles. The van der Waals surface area contributed by atoms with Crippen LogP contribution in [0.4, 0.5) is 0 Å². The molecule has 3 aromatic rings. The molecule has 0 bridgehead atoms. The molecular weight excluding hydrogens is 428 g/mol. The van der Waals surface area contributed by atoms with Crippen LogP contribution in [0.3, 0.4) is 0 Å². The third-order valence-corrected chi connectivity index (χ3v) is 7.42. The van der Waals surface area contributed by atoms with E-state index in [9.17, 15) is 18.0 Å². The fraction of sp³-hybridized carbons (Fsp3) is 0.261. The zero-order valence-corrected chi connectivity index (χ0v) is 18.5. The summed E-state index contributed by atoms with van der Waals surface area (Å²) < 4.78 is 29.0. The lowest BCUT2D eigenvalue weighted by Gasteiger charge is -2.34. The summed E-state index contributed by atoms with van der Waals surface area (Å²) in [6.07, 6.45) is 3.81. The largest absolute Gasteiger partial charge is 0.340 e. The molecule has 0 saturated carbocycles. The van der Waals surface area contributed by atoms with Gasteiger partial charge in [0.2, 0.25) is 15.9 Å². The lowest BCUT2D eigenvalue weighted by molar-refractivity contribution is -0.131. The fourth-order valence-electron chi connectivity index (χ4n) is 3.68. The molecule has 1 fully saturated rings. The summed E-state index contributed by atoms with van der Waals surface area (Å²) in [6.45, 7) is 2.50. The van der Waals surface area contributed by atoms with Gasteiger partial charge in [-0.05, 0) is 42.8 Å². The van der Waals surface area contributed by atoms with Crippen LogP contribution in [0.15, 0.2) is 71.9 Å². The van der Waals surface area contributed by atoms with Gasteiger partial charge in [-0.25, -0.2) is 13.1 Å². The number of carbonyl (C=O) groups is 2. The molecule has 9 heteroatoms. The van der Waals surface area contributed by atoms with E-state index < -0.39 is 10.0 Å². The maximum absolute atomic E-state index is 13.0. The van der Waals surface area contributed by atoms with Gasteiger partial charge in [0, 0.05) is 44.1 Å². The summed E-state index contributed by atoms with van der Waals surface area (Å²) in [6, 6.07) is 15.5. The molecule has 1 amide bonds. The first kappa shape index (κ1) is 21.9. The van der Waals surface area contributed by atoms with Crippen LogP contribution in [0.2, 0.25) is 0 Å². The molecule has 1 aromatic heterocycles. The van der Waals surface area contributed by atoms with Gasteiger partial charge in [0.25, 0.3) is 0 Å². The van der Waals surface area contributed by atoms with E-state index in [4.69, 9.17) is 0 Å². The number of rotatable bonds is 6. The van der Waals surface area contributed by atoms with E-state index in [2.05, 4.69) is 5.10 Å². The Kier molecular flexibility index (Phi) is 6.20. The molecule has 0 spiro atoms. The Morgan fingerprint density at radius 1 is 0.969 bits per heavy atom. The number of nitrogens with zero attached hydrogens (tertiary/aromatic N) is 4. The Labute approximate surface area is 187 Å². The first-order valence-corrected chi connectivity index (χ1v) is 11.8. The first-order chi connectivity index (χ1) is 15.3. The number of ketones is 1. The molecule has 0 atom stereocenters. The zero-order chi connectivity index (χ0) is 22.7. The van der Waals surface area contributed by atoms with Gasteiger partial charge >= 0.3 is 0 Å². The van der Waals surface area contributed by atoms with E-state index in [1.807, 2.05) is 36.5 Å². The summed E-state index contributed by atoms with van der Waals surface area (Å²) in [4.78, 5) is 26.1. The van der Waals surface area contributed by atoms with Crippen LogP contribution in [-0.4, -0.2) is 65.3 Å². The lowest BCUT2D eigenvalue weighted by Crippen LogP contribution is -2.50. The van der Waals surface area contributed by atoms with E-state index in [0.717, 1.165) is 11.3 Å². The number of amides is 1. The minimum Gasteiger partial charge on any atom is -0.340 e. The molecule has 0 unspecified atom stereocenters. The van der Waals surface area contributed by atoms with Crippen molar-refractivity contribution in [2.24, 2.45) is 0 Å². The second kappa shape index (κ2) is 9.05. The molecule has 2 aromatic carbocycles. The van der Waals surface area contributed by atoms with E-state index in [0.29, 0.717) is 18.7 Å². The van der Waals surface area contributed by atoms with Crippen LogP contribution in [0.25, 0.3) is 5.69 Å². The van der Waals surface area contributed by atoms with Crippen molar-refractivity contribution >= 4 is 21.7 Å². The third-order valence-electron chi connectivity index (χ3n) is 5.53. The number of carbonyl (C=O) groups excluding carboxylic acids is 2. The van der Waals surface area contributed by atoms with Gasteiger partial charge in [-0.1, -0.05) is 24.3 Å². The van der Waals surface area contributed by atoms with Crippen molar-refractivity contribution in [1.29, 1.82) is 0 Å².